The summed E-state index contributed by atoms with van der Waals surface area (Å²) in [6.45, 7) is 0.499. The third kappa shape index (κ3) is 3.24. The number of aromatic nitrogens is 5. The molecule has 3 aromatic rings. The highest BCUT2D eigenvalue weighted by Crippen LogP contribution is 2.22. The van der Waals surface area contributed by atoms with E-state index in [4.69, 9.17) is 0 Å². The molecule has 0 fully saturated rings. The van der Waals surface area contributed by atoms with Gasteiger partial charge in [0.2, 0.25) is 0 Å². The fraction of sp³-hybridized carbons (Fsp3) is 0.286. The van der Waals surface area contributed by atoms with E-state index in [2.05, 4.69) is 25.6 Å². The zero-order valence-electron chi connectivity index (χ0n) is 13.1. The first kappa shape index (κ1) is 15.2. The van der Waals surface area contributed by atoms with Crippen LogP contribution in [0.15, 0.2) is 23.8 Å². The Kier molecular flexibility index (Phi) is 4.11. The van der Waals surface area contributed by atoms with Gasteiger partial charge >= 0.3 is 0 Å². The van der Waals surface area contributed by atoms with E-state index in [1.54, 1.807) is 30.1 Å². The molecular weight excluding hydrogens is 314 g/mol. The largest absolute Gasteiger partial charge is 0.364 e. The molecule has 120 valence electrons. The number of hydrogen-bond acceptors (Lipinski definition) is 6. The Balaban J connectivity index is 1.69. The van der Waals surface area contributed by atoms with Crippen LogP contribution in [0.5, 0.6) is 0 Å². The van der Waals surface area contributed by atoms with Crippen LogP contribution in [0, 0.1) is 0 Å². The highest BCUT2D eigenvalue weighted by molar-refractivity contribution is 7.13. The molecule has 9 heteroatoms. The minimum atomic E-state index is -0.103. The van der Waals surface area contributed by atoms with Gasteiger partial charge in [-0.2, -0.15) is 10.2 Å². The number of thiazole rings is 1. The Hall–Kier alpha value is -2.68. The first-order valence-electron chi connectivity index (χ1n) is 6.98. The van der Waals surface area contributed by atoms with Crippen LogP contribution in [-0.4, -0.2) is 49.9 Å². The molecule has 0 bridgehead atoms. The van der Waals surface area contributed by atoms with Crippen LogP contribution in [-0.2, 0) is 13.6 Å². The molecule has 0 aliphatic rings. The first-order chi connectivity index (χ1) is 11.0. The van der Waals surface area contributed by atoms with Crippen LogP contribution in [0.4, 0.5) is 5.82 Å². The van der Waals surface area contributed by atoms with Gasteiger partial charge in [0.25, 0.3) is 5.91 Å². The van der Waals surface area contributed by atoms with Crippen molar-refractivity contribution in [2.45, 2.75) is 6.54 Å². The SMILES string of the molecule is CN(C)C(=O)c1cn[nH]c1NCc1csc(-c2ccn(C)n2)n1. The molecule has 0 atom stereocenters. The number of aromatic amines is 1. The number of anilines is 1. The third-order valence-electron chi connectivity index (χ3n) is 3.21. The van der Waals surface area contributed by atoms with Crippen LogP contribution in [0.2, 0.25) is 0 Å². The summed E-state index contributed by atoms with van der Waals surface area (Å²) in [6, 6.07) is 1.93. The van der Waals surface area contributed by atoms with Crippen molar-refractivity contribution >= 4 is 23.1 Å². The van der Waals surface area contributed by atoms with Gasteiger partial charge in [0.15, 0.2) is 0 Å². The van der Waals surface area contributed by atoms with Crippen molar-refractivity contribution in [2.24, 2.45) is 7.05 Å². The lowest BCUT2D eigenvalue weighted by molar-refractivity contribution is 0.0828. The fourth-order valence-electron chi connectivity index (χ4n) is 2.04. The molecule has 3 aromatic heterocycles. The van der Waals surface area contributed by atoms with Gasteiger partial charge in [0.05, 0.1) is 18.4 Å². The van der Waals surface area contributed by atoms with Crippen LogP contribution >= 0.6 is 11.3 Å². The normalized spacial score (nSPS) is 10.7. The lowest BCUT2D eigenvalue weighted by Gasteiger charge is -2.10. The summed E-state index contributed by atoms with van der Waals surface area (Å²) in [7, 11) is 5.29. The molecule has 0 aliphatic carbocycles. The number of carbonyl (C=O) groups excluding carboxylic acids is 1. The monoisotopic (exact) mass is 331 g/mol. The highest BCUT2D eigenvalue weighted by Gasteiger charge is 2.15. The molecule has 0 saturated heterocycles. The molecule has 0 saturated carbocycles. The fourth-order valence-corrected chi connectivity index (χ4v) is 2.82. The maximum atomic E-state index is 12.0. The third-order valence-corrected chi connectivity index (χ3v) is 4.12. The van der Waals surface area contributed by atoms with Gasteiger partial charge in [-0.05, 0) is 6.07 Å². The molecule has 1 amide bonds. The van der Waals surface area contributed by atoms with Gasteiger partial charge in [-0.1, -0.05) is 0 Å². The average Bonchev–Trinajstić information content (AvgIpc) is 3.24. The Morgan fingerprint density at radius 3 is 3.00 bits per heavy atom. The Labute approximate surface area is 137 Å². The van der Waals surface area contributed by atoms with Crippen molar-refractivity contribution in [2.75, 3.05) is 19.4 Å². The maximum Gasteiger partial charge on any atom is 0.258 e. The summed E-state index contributed by atoms with van der Waals surface area (Å²) in [5.74, 6) is 0.491. The second kappa shape index (κ2) is 6.21. The van der Waals surface area contributed by atoms with Crippen molar-refractivity contribution < 1.29 is 4.79 Å². The number of hydrogen-bond donors (Lipinski definition) is 2. The number of aryl methyl sites for hydroxylation is 1. The molecule has 0 unspecified atom stereocenters. The summed E-state index contributed by atoms with van der Waals surface area (Å²) >= 11 is 1.54. The van der Waals surface area contributed by atoms with Gasteiger partial charge in [-0.15, -0.1) is 11.3 Å². The van der Waals surface area contributed by atoms with E-state index in [1.807, 2.05) is 24.7 Å². The molecule has 0 radical (unpaired) electrons. The zero-order valence-corrected chi connectivity index (χ0v) is 13.9. The summed E-state index contributed by atoms with van der Waals surface area (Å²) < 4.78 is 1.75. The zero-order chi connectivity index (χ0) is 16.4. The molecule has 2 N–H and O–H groups in total. The van der Waals surface area contributed by atoms with Crippen LogP contribution in [0.25, 0.3) is 10.7 Å². The molecule has 3 heterocycles. The van der Waals surface area contributed by atoms with Gasteiger partial charge in [-0.25, -0.2) is 4.98 Å². The van der Waals surface area contributed by atoms with Crippen molar-refractivity contribution in [1.82, 2.24) is 29.9 Å². The Morgan fingerprint density at radius 2 is 2.30 bits per heavy atom. The second-order valence-corrected chi connectivity index (χ2v) is 6.09. The van der Waals surface area contributed by atoms with E-state index < -0.39 is 0 Å². The highest BCUT2D eigenvalue weighted by atomic mass is 32.1. The summed E-state index contributed by atoms with van der Waals surface area (Å²) in [5.41, 5.74) is 2.25. The molecule has 0 spiro atoms. The van der Waals surface area contributed by atoms with Gasteiger partial charge < -0.3 is 10.2 Å². The van der Waals surface area contributed by atoms with Crippen molar-refractivity contribution in [3.63, 3.8) is 0 Å². The maximum absolute atomic E-state index is 12.0. The number of H-pyrrole nitrogens is 1. The predicted octanol–water partition coefficient (Wildman–Crippen LogP) is 1.58. The smallest absolute Gasteiger partial charge is 0.258 e. The van der Waals surface area contributed by atoms with E-state index >= 15 is 0 Å². The van der Waals surface area contributed by atoms with Crippen molar-refractivity contribution in [3.05, 3.63) is 35.1 Å². The summed E-state index contributed by atoms with van der Waals surface area (Å²) in [6.07, 6.45) is 3.41. The van der Waals surface area contributed by atoms with Gasteiger partial charge in [0, 0.05) is 32.7 Å². The molecule has 0 aliphatic heterocycles. The van der Waals surface area contributed by atoms with Crippen LogP contribution in [0.3, 0.4) is 0 Å². The van der Waals surface area contributed by atoms with E-state index in [0.717, 1.165) is 16.4 Å². The van der Waals surface area contributed by atoms with Crippen LogP contribution < -0.4 is 5.32 Å². The molecule has 8 nitrogen and oxygen atoms in total. The van der Waals surface area contributed by atoms with Gasteiger partial charge in [0.1, 0.15) is 22.1 Å². The minimum Gasteiger partial charge on any atom is -0.364 e. The lowest BCUT2D eigenvalue weighted by Crippen LogP contribution is -2.22. The van der Waals surface area contributed by atoms with Crippen LogP contribution in [0.1, 0.15) is 16.1 Å². The predicted molar refractivity (Wildman–Crippen MR) is 88.2 cm³/mol. The number of carbonyl (C=O) groups is 1. The number of nitrogens with one attached hydrogen (secondary N) is 2. The number of nitrogens with zero attached hydrogens (tertiary/aromatic N) is 5. The van der Waals surface area contributed by atoms with E-state index in [-0.39, 0.29) is 5.91 Å². The summed E-state index contributed by atoms with van der Waals surface area (Å²) in [5, 5.41) is 17.1. The van der Waals surface area contributed by atoms with Crippen molar-refractivity contribution in [3.8, 4) is 10.7 Å². The Morgan fingerprint density at radius 1 is 1.48 bits per heavy atom. The number of amides is 1. The standard InChI is InChI=1S/C14H17N7OS/c1-20(2)14(22)10-7-16-18-12(10)15-6-9-8-23-13(17-9)11-4-5-21(3)19-11/h4-5,7-8H,6H2,1-3H3,(H2,15,16,18). The second-order valence-electron chi connectivity index (χ2n) is 5.23. The van der Waals surface area contributed by atoms with E-state index in [1.165, 1.54) is 11.1 Å². The number of rotatable bonds is 5. The van der Waals surface area contributed by atoms with E-state index in [0.29, 0.717) is 17.9 Å². The molecule has 3 rings (SSSR count). The summed E-state index contributed by atoms with van der Waals surface area (Å²) in [4.78, 5) is 18.1. The Bertz CT molecular complexity index is 817. The molecule has 23 heavy (non-hydrogen) atoms. The quantitative estimate of drug-likeness (QED) is 0.740. The van der Waals surface area contributed by atoms with Crippen molar-refractivity contribution in [1.29, 1.82) is 0 Å². The molecule has 0 aromatic carbocycles. The first-order valence-corrected chi connectivity index (χ1v) is 7.86. The van der Waals surface area contributed by atoms with Gasteiger partial charge in [-0.3, -0.25) is 14.6 Å². The average molecular weight is 331 g/mol. The topological polar surface area (TPSA) is 91.7 Å². The van der Waals surface area contributed by atoms with E-state index in [9.17, 15) is 4.79 Å². The molecular formula is C14H17N7OS. The minimum absolute atomic E-state index is 0.103. The lowest BCUT2D eigenvalue weighted by atomic mass is 10.3.